The van der Waals surface area contributed by atoms with Crippen molar-refractivity contribution in [3.8, 4) is 0 Å². The number of amides is 1. The SMILES string of the molecule is Cc1cc(NC(=O)CCN[C@H](C)c2cc3ccccc3o2)no1. The summed E-state index contributed by atoms with van der Waals surface area (Å²) in [6.07, 6.45) is 0.344. The van der Waals surface area contributed by atoms with Gasteiger partial charge in [-0.25, -0.2) is 0 Å². The summed E-state index contributed by atoms with van der Waals surface area (Å²) in [4.78, 5) is 11.8. The maximum atomic E-state index is 11.8. The minimum absolute atomic E-state index is 0.0319. The van der Waals surface area contributed by atoms with Gasteiger partial charge < -0.3 is 19.6 Å². The second-order valence-corrected chi connectivity index (χ2v) is 5.48. The molecule has 2 N–H and O–H groups in total. The Hall–Kier alpha value is -2.60. The summed E-state index contributed by atoms with van der Waals surface area (Å²) in [5.74, 6) is 1.86. The van der Waals surface area contributed by atoms with Gasteiger partial charge in [0.1, 0.15) is 17.1 Å². The van der Waals surface area contributed by atoms with Gasteiger partial charge in [-0.05, 0) is 26.0 Å². The van der Waals surface area contributed by atoms with E-state index in [9.17, 15) is 4.79 Å². The molecule has 3 aromatic rings. The molecule has 0 spiro atoms. The number of hydrogen-bond donors (Lipinski definition) is 2. The lowest BCUT2D eigenvalue weighted by atomic mass is 10.2. The van der Waals surface area contributed by atoms with Gasteiger partial charge in [-0.15, -0.1) is 0 Å². The van der Waals surface area contributed by atoms with E-state index in [2.05, 4.69) is 15.8 Å². The monoisotopic (exact) mass is 313 g/mol. The van der Waals surface area contributed by atoms with E-state index >= 15 is 0 Å². The van der Waals surface area contributed by atoms with Gasteiger partial charge in [0.05, 0.1) is 6.04 Å². The highest BCUT2D eigenvalue weighted by Gasteiger charge is 2.12. The van der Waals surface area contributed by atoms with Crippen molar-refractivity contribution in [2.75, 3.05) is 11.9 Å². The molecule has 0 saturated carbocycles. The number of furan rings is 1. The molecule has 0 bridgehead atoms. The Morgan fingerprint density at radius 3 is 2.87 bits per heavy atom. The van der Waals surface area contributed by atoms with Crippen LogP contribution in [0.5, 0.6) is 0 Å². The van der Waals surface area contributed by atoms with Crippen LogP contribution in [-0.4, -0.2) is 17.6 Å². The maximum Gasteiger partial charge on any atom is 0.226 e. The number of fused-ring (bicyclic) bond motifs is 1. The van der Waals surface area contributed by atoms with E-state index in [4.69, 9.17) is 8.94 Å². The molecule has 0 aliphatic carbocycles. The van der Waals surface area contributed by atoms with Gasteiger partial charge in [0.2, 0.25) is 5.91 Å². The first-order valence-electron chi connectivity index (χ1n) is 7.57. The number of hydrogen-bond acceptors (Lipinski definition) is 5. The van der Waals surface area contributed by atoms with Crippen molar-refractivity contribution < 1.29 is 13.7 Å². The zero-order valence-corrected chi connectivity index (χ0v) is 13.1. The summed E-state index contributed by atoms with van der Waals surface area (Å²) in [5.41, 5.74) is 0.871. The molecular weight excluding hydrogens is 294 g/mol. The largest absolute Gasteiger partial charge is 0.459 e. The van der Waals surface area contributed by atoms with Gasteiger partial charge in [-0.2, -0.15) is 0 Å². The maximum absolute atomic E-state index is 11.8. The molecule has 23 heavy (non-hydrogen) atoms. The van der Waals surface area contributed by atoms with Crippen molar-refractivity contribution in [3.05, 3.63) is 47.9 Å². The topological polar surface area (TPSA) is 80.3 Å². The summed E-state index contributed by atoms with van der Waals surface area (Å²) in [6.45, 7) is 4.33. The van der Waals surface area contributed by atoms with E-state index in [0.29, 0.717) is 24.5 Å². The average Bonchev–Trinajstić information content (AvgIpc) is 3.13. The van der Waals surface area contributed by atoms with E-state index in [0.717, 1.165) is 16.7 Å². The lowest BCUT2D eigenvalue weighted by Gasteiger charge is -2.10. The number of carbonyl (C=O) groups excluding carboxylic acids is 1. The number of aryl methyl sites for hydroxylation is 1. The van der Waals surface area contributed by atoms with Crippen molar-refractivity contribution in [2.24, 2.45) is 0 Å². The standard InChI is InChI=1S/C17H19N3O3/c1-11-9-16(20-23-11)19-17(21)7-8-18-12(2)15-10-13-5-3-4-6-14(13)22-15/h3-6,9-10,12,18H,7-8H2,1-2H3,(H,19,20,21)/t12-/m1/s1. The summed E-state index contributed by atoms with van der Waals surface area (Å²) in [5, 5.41) is 10.8. The fourth-order valence-electron chi connectivity index (χ4n) is 2.35. The van der Waals surface area contributed by atoms with Gasteiger partial charge in [-0.3, -0.25) is 4.79 Å². The summed E-state index contributed by atoms with van der Waals surface area (Å²) >= 11 is 0. The molecule has 1 atom stereocenters. The molecule has 0 radical (unpaired) electrons. The molecule has 0 saturated heterocycles. The molecule has 3 rings (SSSR count). The minimum Gasteiger partial charge on any atom is -0.459 e. The van der Waals surface area contributed by atoms with E-state index < -0.39 is 0 Å². The minimum atomic E-state index is -0.109. The molecule has 0 fully saturated rings. The van der Waals surface area contributed by atoms with Crippen molar-refractivity contribution in [1.29, 1.82) is 0 Å². The van der Waals surface area contributed by atoms with Crippen LogP contribution in [0.3, 0.4) is 0 Å². The Kier molecular flexibility index (Phi) is 4.43. The van der Waals surface area contributed by atoms with Gasteiger partial charge in [0.15, 0.2) is 5.82 Å². The van der Waals surface area contributed by atoms with E-state index in [1.54, 1.807) is 13.0 Å². The first-order chi connectivity index (χ1) is 11.1. The Bertz CT molecular complexity index is 773. The number of rotatable bonds is 6. The van der Waals surface area contributed by atoms with Crippen LogP contribution in [0.4, 0.5) is 5.82 Å². The molecule has 1 amide bonds. The highest BCUT2D eigenvalue weighted by atomic mass is 16.5. The van der Waals surface area contributed by atoms with Gasteiger partial charge in [0, 0.05) is 24.4 Å². The average molecular weight is 313 g/mol. The molecule has 6 heteroatoms. The van der Waals surface area contributed by atoms with Crippen molar-refractivity contribution >= 4 is 22.7 Å². The van der Waals surface area contributed by atoms with Crippen LogP contribution < -0.4 is 10.6 Å². The Labute approximate surface area is 133 Å². The predicted molar refractivity (Wildman–Crippen MR) is 87.1 cm³/mol. The first-order valence-corrected chi connectivity index (χ1v) is 7.57. The third kappa shape index (κ3) is 3.78. The highest BCUT2D eigenvalue weighted by Crippen LogP contribution is 2.23. The summed E-state index contributed by atoms with van der Waals surface area (Å²) in [6, 6.07) is 11.6. The number of anilines is 1. The third-order valence-electron chi connectivity index (χ3n) is 3.57. The lowest BCUT2D eigenvalue weighted by molar-refractivity contribution is -0.116. The molecule has 2 aromatic heterocycles. The van der Waals surface area contributed by atoms with Crippen LogP contribution in [0, 0.1) is 6.92 Å². The van der Waals surface area contributed by atoms with Crippen LogP contribution in [0.15, 0.2) is 45.3 Å². The van der Waals surface area contributed by atoms with E-state index in [-0.39, 0.29) is 11.9 Å². The Balaban J connectivity index is 1.48. The molecule has 0 aliphatic heterocycles. The molecule has 1 aromatic carbocycles. The highest BCUT2D eigenvalue weighted by molar-refractivity contribution is 5.89. The number of benzene rings is 1. The summed E-state index contributed by atoms with van der Waals surface area (Å²) < 4.78 is 10.7. The lowest BCUT2D eigenvalue weighted by Crippen LogP contribution is -2.24. The fourth-order valence-corrected chi connectivity index (χ4v) is 2.35. The quantitative estimate of drug-likeness (QED) is 0.729. The number of nitrogens with zero attached hydrogens (tertiary/aromatic N) is 1. The molecule has 120 valence electrons. The smallest absolute Gasteiger partial charge is 0.226 e. The second-order valence-electron chi connectivity index (χ2n) is 5.48. The van der Waals surface area contributed by atoms with Gasteiger partial charge in [0.25, 0.3) is 0 Å². The normalized spacial score (nSPS) is 12.4. The predicted octanol–water partition coefficient (Wildman–Crippen LogP) is 3.41. The summed E-state index contributed by atoms with van der Waals surface area (Å²) in [7, 11) is 0. The van der Waals surface area contributed by atoms with Crippen molar-refractivity contribution in [3.63, 3.8) is 0 Å². The zero-order valence-electron chi connectivity index (χ0n) is 13.1. The first kappa shape index (κ1) is 15.3. The van der Waals surface area contributed by atoms with Crippen molar-refractivity contribution in [1.82, 2.24) is 10.5 Å². The van der Waals surface area contributed by atoms with Crippen LogP contribution >= 0.6 is 0 Å². The molecule has 0 aliphatic rings. The van der Waals surface area contributed by atoms with E-state index in [1.165, 1.54) is 0 Å². The number of nitrogens with one attached hydrogen (secondary N) is 2. The van der Waals surface area contributed by atoms with Crippen LogP contribution in [0.2, 0.25) is 0 Å². The Morgan fingerprint density at radius 2 is 2.13 bits per heavy atom. The number of aromatic nitrogens is 1. The van der Waals surface area contributed by atoms with Crippen LogP contribution in [0.1, 0.15) is 30.9 Å². The molecule has 0 unspecified atom stereocenters. The van der Waals surface area contributed by atoms with Crippen molar-refractivity contribution in [2.45, 2.75) is 26.3 Å². The zero-order chi connectivity index (χ0) is 16.2. The van der Waals surface area contributed by atoms with Crippen LogP contribution in [-0.2, 0) is 4.79 Å². The Morgan fingerprint density at radius 1 is 1.30 bits per heavy atom. The van der Waals surface area contributed by atoms with Gasteiger partial charge >= 0.3 is 0 Å². The fraction of sp³-hybridized carbons (Fsp3) is 0.294. The van der Waals surface area contributed by atoms with E-state index in [1.807, 2.05) is 37.3 Å². The third-order valence-corrected chi connectivity index (χ3v) is 3.57. The second kappa shape index (κ2) is 6.66. The van der Waals surface area contributed by atoms with Crippen LogP contribution in [0.25, 0.3) is 11.0 Å². The number of para-hydroxylation sites is 1. The molecule has 2 heterocycles. The van der Waals surface area contributed by atoms with Gasteiger partial charge in [-0.1, -0.05) is 23.4 Å². The molecular formula is C17H19N3O3. The molecule has 6 nitrogen and oxygen atoms in total. The number of carbonyl (C=O) groups is 1.